The maximum absolute atomic E-state index is 12.7. The minimum atomic E-state index is -2.96. The molecule has 2 aromatic carbocycles. The zero-order valence-electron chi connectivity index (χ0n) is 12.9. The maximum Gasteiger partial charge on any atom is 0.387 e. The number of H-pyrrole nitrogens is 1. The van der Waals surface area contributed by atoms with Gasteiger partial charge in [-0.3, -0.25) is 9.89 Å². The van der Waals surface area contributed by atoms with Crippen LogP contribution in [-0.2, 0) is 0 Å². The van der Waals surface area contributed by atoms with Crippen molar-refractivity contribution in [2.75, 3.05) is 0 Å². The van der Waals surface area contributed by atoms with Crippen LogP contribution in [0.1, 0.15) is 5.56 Å². The van der Waals surface area contributed by atoms with E-state index in [4.69, 9.17) is 0 Å². The summed E-state index contributed by atoms with van der Waals surface area (Å²) in [6.45, 7) is 0.870. The fourth-order valence-corrected chi connectivity index (χ4v) is 2.77. The van der Waals surface area contributed by atoms with E-state index < -0.39 is 6.61 Å². The summed E-state index contributed by atoms with van der Waals surface area (Å²) < 4.78 is 31.7. The highest BCUT2D eigenvalue weighted by Gasteiger charge is 2.10. The van der Waals surface area contributed by atoms with Crippen molar-refractivity contribution in [3.63, 3.8) is 0 Å². The second-order valence-electron chi connectivity index (χ2n) is 5.19. The molecule has 0 bridgehead atoms. The number of benzene rings is 2. The first-order valence-electron chi connectivity index (χ1n) is 7.27. The molecule has 0 atom stereocenters. The monoisotopic (exact) mass is 406 g/mol. The Labute approximate surface area is 149 Å². The van der Waals surface area contributed by atoms with Gasteiger partial charge in [-0.05, 0) is 36.4 Å². The molecule has 0 saturated heterocycles. The first-order valence-corrected chi connectivity index (χ1v) is 8.06. The fourth-order valence-electron chi connectivity index (χ4n) is 2.39. The van der Waals surface area contributed by atoms with Crippen LogP contribution < -0.4 is 20.9 Å². The normalized spacial score (nSPS) is 11.9. The Kier molecular flexibility index (Phi) is 4.85. The largest absolute Gasteiger partial charge is 0.434 e. The van der Waals surface area contributed by atoms with Crippen LogP contribution in [-0.4, -0.2) is 16.4 Å². The van der Waals surface area contributed by atoms with Crippen molar-refractivity contribution < 1.29 is 13.5 Å². The summed E-state index contributed by atoms with van der Waals surface area (Å²) in [5.41, 5.74) is 0.658. The summed E-state index contributed by atoms with van der Waals surface area (Å²) in [5.74, 6) is -0.0236. The molecule has 0 radical (unpaired) electrons. The van der Waals surface area contributed by atoms with Crippen LogP contribution in [0.3, 0.4) is 0 Å². The first-order chi connectivity index (χ1) is 12.0. The second kappa shape index (κ2) is 7.06. The molecule has 0 saturated carbocycles. The molecule has 1 heterocycles. The van der Waals surface area contributed by atoms with Crippen LogP contribution in [0.15, 0.2) is 57.8 Å². The number of nitrogens with zero attached hydrogens (tertiary/aromatic N) is 1. The second-order valence-corrected chi connectivity index (χ2v) is 6.10. The van der Waals surface area contributed by atoms with Crippen molar-refractivity contribution in [3.8, 4) is 11.4 Å². The number of hydrogen-bond acceptors (Lipinski definition) is 2. The summed E-state index contributed by atoms with van der Waals surface area (Å²) in [5, 5.41) is 3.52. The van der Waals surface area contributed by atoms with Crippen molar-refractivity contribution in [2.24, 2.45) is 0 Å². The van der Waals surface area contributed by atoms with Gasteiger partial charge in [-0.2, -0.15) is 8.78 Å². The number of rotatable bonds is 4. The van der Waals surface area contributed by atoms with E-state index in [0.717, 1.165) is 0 Å². The van der Waals surface area contributed by atoms with Gasteiger partial charge in [0.05, 0.1) is 16.3 Å². The summed E-state index contributed by atoms with van der Waals surface area (Å²) in [6, 6.07) is 13.6. The van der Waals surface area contributed by atoms with Crippen molar-refractivity contribution in [1.82, 2.24) is 9.78 Å². The molecule has 0 spiro atoms. The molecule has 3 aromatic rings. The van der Waals surface area contributed by atoms with Gasteiger partial charge in [-0.1, -0.05) is 40.7 Å². The molecule has 128 valence electrons. The Bertz CT molecular complexity index is 1060. The molecular weight excluding hydrogens is 394 g/mol. The molecule has 0 aliphatic rings. The lowest BCUT2D eigenvalue weighted by molar-refractivity contribution is -0.0500. The van der Waals surface area contributed by atoms with Gasteiger partial charge in [0.2, 0.25) is 0 Å². The first kappa shape index (κ1) is 17.2. The van der Waals surface area contributed by atoms with Crippen molar-refractivity contribution in [3.05, 3.63) is 79.5 Å². The Hall–Kier alpha value is -2.67. The van der Waals surface area contributed by atoms with E-state index in [1.165, 1.54) is 16.8 Å². The molecule has 0 aliphatic heterocycles. The summed E-state index contributed by atoms with van der Waals surface area (Å²) >= 11 is 3.29. The maximum atomic E-state index is 12.7. The Morgan fingerprint density at radius 1 is 1.20 bits per heavy atom. The molecular formula is C18H13BrF2N2O2. The SMILES string of the molecule is C=c1[nH]n(-c2ccccc2)c(=O)/c1=C\c1cc(Br)ccc1OC(F)F. The summed E-state index contributed by atoms with van der Waals surface area (Å²) in [7, 11) is 0. The van der Waals surface area contributed by atoms with Crippen molar-refractivity contribution in [1.29, 1.82) is 0 Å². The third kappa shape index (κ3) is 3.71. The van der Waals surface area contributed by atoms with Gasteiger partial charge in [0.1, 0.15) is 5.75 Å². The predicted molar refractivity (Wildman–Crippen MR) is 95.5 cm³/mol. The predicted octanol–water partition coefficient (Wildman–Crippen LogP) is 2.77. The standard InChI is InChI=1S/C18H13BrF2N2O2/c1-11-15(17(24)23(22-11)14-5-3-2-4-6-14)10-12-9-13(19)7-8-16(12)25-18(20)21/h2-10,18,22H,1H2/b15-10-. The molecule has 0 amide bonds. The molecule has 0 aliphatic carbocycles. The van der Waals surface area contributed by atoms with E-state index >= 15 is 0 Å². The van der Waals surface area contributed by atoms with Crippen LogP contribution in [0.5, 0.6) is 5.75 Å². The van der Waals surface area contributed by atoms with Gasteiger partial charge in [0, 0.05) is 10.0 Å². The third-order valence-electron chi connectivity index (χ3n) is 3.51. The number of nitrogens with one attached hydrogen (secondary N) is 1. The lowest BCUT2D eigenvalue weighted by Gasteiger charge is -2.08. The number of hydrogen-bond donors (Lipinski definition) is 1. The quantitative estimate of drug-likeness (QED) is 0.723. The van der Waals surface area contributed by atoms with Gasteiger partial charge in [-0.25, -0.2) is 4.68 Å². The smallest absolute Gasteiger partial charge is 0.387 e. The molecule has 1 aromatic heterocycles. The van der Waals surface area contributed by atoms with Gasteiger partial charge in [0.15, 0.2) is 0 Å². The number of aromatic nitrogens is 2. The van der Waals surface area contributed by atoms with Crippen LogP contribution >= 0.6 is 15.9 Å². The summed E-state index contributed by atoms with van der Waals surface area (Å²) in [6.07, 6.45) is 1.48. The molecule has 0 fully saturated rings. The lowest BCUT2D eigenvalue weighted by Crippen LogP contribution is -2.34. The van der Waals surface area contributed by atoms with E-state index in [9.17, 15) is 13.6 Å². The molecule has 7 heteroatoms. The number of para-hydroxylation sites is 1. The van der Waals surface area contributed by atoms with Gasteiger partial charge >= 0.3 is 6.61 Å². The Balaban J connectivity index is 2.18. The van der Waals surface area contributed by atoms with Gasteiger partial charge < -0.3 is 4.74 Å². The molecule has 3 rings (SSSR count). The van der Waals surface area contributed by atoms with E-state index in [1.54, 1.807) is 36.4 Å². The third-order valence-corrected chi connectivity index (χ3v) is 4.00. The van der Waals surface area contributed by atoms with E-state index in [-0.39, 0.29) is 16.5 Å². The van der Waals surface area contributed by atoms with Crippen LogP contribution in [0.4, 0.5) is 8.78 Å². The van der Waals surface area contributed by atoms with Gasteiger partial charge in [-0.15, -0.1) is 0 Å². The van der Waals surface area contributed by atoms with E-state index in [0.29, 0.717) is 21.1 Å². The minimum absolute atomic E-state index is 0.0236. The molecule has 0 unspecified atom stereocenters. The number of alkyl halides is 2. The fraction of sp³-hybridized carbons (Fsp3) is 0.0556. The number of ether oxygens (including phenoxy) is 1. The Morgan fingerprint density at radius 2 is 1.92 bits per heavy atom. The average molecular weight is 407 g/mol. The van der Waals surface area contributed by atoms with Gasteiger partial charge in [0.25, 0.3) is 5.56 Å². The van der Waals surface area contributed by atoms with Crippen molar-refractivity contribution in [2.45, 2.75) is 6.61 Å². The van der Waals surface area contributed by atoms with E-state index in [2.05, 4.69) is 32.3 Å². The zero-order chi connectivity index (χ0) is 18.0. The van der Waals surface area contributed by atoms with E-state index in [1.807, 2.05) is 6.07 Å². The lowest BCUT2D eigenvalue weighted by atomic mass is 10.1. The topological polar surface area (TPSA) is 47.0 Å². The minimum Gasteiger partial charge on any atom is -0.434 e. The number of halogens is 3. The highest BCUT2D eigenvalue weighted by molar-refractivity contribution is 9.10. The highest BCUT2D eigenvalue weighted by atomic mass is 79.9. The highest BCUT2D eigenvalue weighted by Crippen LogP contribution is 2.25. The number of aromatic amines is 1. The Morgan fingerprint density at radius 3 is 2.60 bits per heavy atom. The average Bonchev–Trinajstić information content (AvgIpc) is 2.86. The van der Waals surface area contributed by atoms with Crippen LogP contribution in [0.2, 0.25) is 0 Å². The molecule has 25 heavy (non-hydrogen) atoms. The zero-order valence-corrected chi connectivity index (χ0v) is 14.5. The van der Waals surface area contributed by atoms with Crippen molar-refractivity contribution >= 4 is 28.6 Å². The molecule has 1 N–H and O–H groups in total. The van der Waals surface area contributed by atoms with Crippen LogP contribution in [0, 0.1) is 0 Å². The summed E-state index contributed by atoms with van der Waals surface area (Å²) in [4.78, 5) is 12.7. The van der Waals surface area contributed by atoms with Crippen LogP contribution in [0.25, 0.3) is 18.3 Å². The molecule has 4 nitrogen and oxygen atoms in total.